The van der Waals surface area contributed by atoms with Crippen LogP contribution < -0.4 is 5.32 Å². The average Bonchev–Trinajstić information content (AvgIpc) is 3.00. The zero-order chi connectivity index (χ0) is 14.8. The molecule has 0 atom stereocenters. The summed E-state index contributed by atoms with van der Waals surface area (Å²) in [5.74, 6) is -0.0754. The van der Waals surface area contributed by atoms with Crippen molar-refractivity contribution in [3.8, 4) is 0 Å². The third-order valence-corrected chi connectivity index (χ3v) is 5.68. The fourth-order valence-electron chi connectivity index (χ4n) is 1.52. The van der Waals surface area contributed by atoms with Crippen molar-refractivity contribution in [2.45, 2.75) is 11.1 Å². The number of rotatable bonds is 5. The van der Waals surface area contributed by atoms with Crippen molar-refractivity contribution >= 4 is 33.1 Å². The number of hydrogen-bond donors (Lipinski definition) is 2. The number of carbonyl (C=O) groups is 1. The van der Waals surface area contributed by atoms with Gasteiger partial charge in [0.15, 0.2) is 5.82 Å². The topological polar surface area (TPSA) is 95.2 Å². The normalized spacial score (nSPS) is 11.8. The third-order valence-electron chi connectivity index (χ3n) is 2.50. The number of anilines is 1. The molecule has 1 amide bonds. The number of likely N-dealkylation sites (N-methyl/N-ethyl adjacent to an activating group) is 1. The number of thiophene rings is 1. The van der Waals surface area contributed by atoms with Gasteiger partial charge in [-0.15, -0.1) is 11.3 Å². The van der Waals surface area contributed by atoms with Gasteiger partial charge in [-0.1, -0.05) is 6.07 Å². The first-order valence-corrected chi connectivity index (χ1v) is 8.03. The maximum Gasteiger partial charge on any atom is 0.252 e. The average molecular weight is 314 g/mol. The smallest absolute Gasteiger partial charge is 0.252 e. The molecular formula is C11H14N4O3S2. The van der Waals surface area contributed by atoms with Crippen LogP contribution in [0.5, 0.6) is 0 Å². The van der Waals surface area contributed by atoms with Crippen LogP contribution in [-0.4, -0.2) is 42.4 Å². The maximum atomic E-state index is 12.1. The number of aromatic nitrogens is 2. The third kappa shape index (κ3) is 3.24. The van der Waals surface area contributed by atoms with E-state index < -0.39 is 15.9 Å². The van der Waals surface area contributed by atoms with Gasteiger partial charge in [0.2, 0.25) is 5.91 Å². The summed E-state index contributed by atoms with van der Waals surface area (Å²) < 4.78 is 25.5. The molecule has 0 fully saturated rings. The number of aromatic amines is 1. The first-order valence-electron chi connectivity index (χ1n) is 5.71. The van der Waals surface area contributed by atoms with Gasteiger partial charge in [0.1, 0.15) is 4.21 Å². The van der Waals surface area contributed by atoms with Gasteiger partial charge in [-0.3, -0.25) is 9.89 Å². The summed E-state index contributed by atoms with van der Waals surface area (Å²) in [6, 6.07) is 4.81. The molecule has 0 bridgehead atoms. The molecule has 0 unspecified atom stereocenters. The van der Waals surface area contributed by atoms with E-state index in [1.165, 1.54) is 13.1 Å². The molecule has 7 nitrogen and oxygen atoms in total. The van der Waals surface area contributed by atoms with E-state index in [1.807, 2.05) is 0 Å². The highest BCUT2D eigenvalue weighted by Crippen LogP contribution is 2.19. The van der Waals surface area contributed by atoms with E-state index in [1.54, 1.807) is 24.4 Å². The summed E-state index contributed by atoms with van der Waals surface area (Å²) in [6.45, 7) is 1.53. The second kappa shape index (κ2) is 5.73. The molecule has 108 valence electrons. The van der Waals surface area contributed by atoms with E-state index in [4.69, 9.17) is 0 Å². The Morgan fingerprint density at radius 3 is 2.85 bits per heavy atom. The number of hydrogen-bond acceptors (Lipinski definition) is 5. The van der Waals surface area contributed by atoms with Gasteiger partial charge in [0.25, 0.3) is 10.0 Å². The summed E-state index contributed by atoms with van der Waals surface area (Å²) in [4.78, 5) is 11.8. The van der Waals surface area contributed by atoms with Crippen molar-refractivity contribution in [3.63, 3.8) is 0 Å². The quantitative estimate of drug-likeness (QED) is 0.862. The number of sulfonamides is 1. The minimum absolute atomic E-state index is 0.211. The van der Waals surface area contributed by atoms with Crippen LogP contribution in [0.2, 0.25) is 0 Å². The molecule has 2 aromatic rings. The number of nitrogens with zero attached hydrogens (tertiary/aromatic N) is 2. The van der Waals surface area contributed by atoms with Crippen molar-refractivity contribution in [1.29, 1.82) is 0 Å². The molecule has 0 aromatic carbocycles. The van der Waals surface area contributed by atoms with E-state index in [0.29, 0.717) is 5.82 Å². The number of amides is 1. The Morgan fingerprint density at radius 1 is 1.55 bits per heavy atom. The SMILES string of the molecule is Cc1cc(NC(=O)CN(C)S(=O)(=O)c2cccs2)n[nH]1. The van der Waals surface area contributed by atoms with Gasteiger partial charge >= 0.3 is 0 Å². The van der Waals surface area contributed by atoms with Crippen molar-refractivity contribution < 1.29 is 13.2 Å². The van der Waals surface area contributed by atoms with E-state index in [-0.39, 0.29) is 10.8 Å². The predicted octanol–water partition coefficient (Wildman–Crippen LogP) is 1.04. The molecule has 20 heavy (non-hydrogen) atoms. The molecule has 0 aliphatic rings. The van der Waals surface area contributed by atoms with Crippen molar-refractivity contribution in [2.24, 2.45) is 0 Å². The predicted molar refractivity (Wildman–Crippen MR) is 76.1 cm³/mol. The van der Waals surface area contributed by atoms with Crippen molar-refractivity contribution in [1.82, 2.24) is 14.5 Å². The van der Waals surface area contributed by atoms with E-state index in [0.717, 1.165) is 21.3 Å². The molecule has 2 rings (SSSR count). The summed E-state index contributed by atoms with van der Waals surface area (Å²) >= 11 is 1.11. The Kier molecular flexibility index (Phi) is 4.21. The Balaban J connectivity index is 2.01. The fraction of sp³-hybridized carbons (Fsp3) is 0.273. The molecule has 0 saturated heterocycles. The van der Waals surface area contributed by atoms with Gasteiger partial charge < -0.3 is 5.32 Å². The van der Waals surface area contributed by atoms with Gasteiger partial charge in [-0.25, -0.2) is 8.42 Å². The summed E-state index contributed by atoms with van der Waals surface area (Å²) in [7, 11) is -2.25. The highest BCUT2D eigenvalue weighted by Gasteiger charge is 2.23. The molecule has 2 heterocycles. The molecule has 0 spiro atoms. The molecular weight excluding hydrogens is 300 g/mol. The van der Waals surface area contributed by atoms with Crippen LogP contribution in [0.25, 0.3) is 0 Å². The Labute approximate surface area is 120 Å². The van der Waals surface area contributed by atoms with Crippen LogP contribution in [0.15, 0.2) is 27.8 Å². The van der Waals surface area contributed by atoms with Crippen LogP contribution in [0.4, 0.5) is 5.82 Å². The minimum Gasteiger partial charge on any atom is -0.308 e. The minimum atomic E-state index is -3.61. The van der Waals surface area contributed by atoms with Gasteiger partial charge in [-0.05, 0) is 18.4 Å². The van der Waals surface area contributed by atoms with Gasteiger partial charge in [-0.2, -0.15) is 9.40 Å². The second-order valence-electron chi connectivity index (χ2n) is 4.18. The lowest BCUT2D eigenvalue weighted by Crippen LogP contribution is -2.34. The first kappa shape index (κ1) is 14.7. The largest absolute Gasteiger partial charge is 0.308 e. The summed E-state index contributed by atoms with van der Waals surface area (Å²) in [6.07, 6.45) is 0. The second-order valence-corrected chi connectivity index (χ2v) is 7.40. The molecule has 9 heteroatoms. The zero-order valence-corrected chi connectivity index (χ0v) is 12.6. The highest BCUT2D eigenvalue weighted by molar-refractivity contribution is 7.91. The lowest BCUT2D eigenvalue weighted by Gasteiger charge is -2.15. The zero-order valence-electron chi connectivity index (χ0n) is 11.0. The number of aryl methyl sites for hydroxylation is 1. The highest BCUT2D eigenvalue weighted by atomic mass is 32.2. The van der Waals surface area contributed by atoms with Gasteiger partial charge in [0.05, 0.1) is 6.54 Å². The summed E-state index contributed by atoms with van der Waals surface area (Å²) in [5, 5.41) is 10.7. The monoisotopic (exact) mass is 314 g/mol. The Bertz CT molecular complexity index is 691. The van der Waals surface area contributed by atoms with Crippen LogP contribution in [0.1, 0.15) is 5.69 Å². The molecule has 0 aliphatic heterocycles. The molecule has 0 aliphatic carbocycles. The van der Waals surface area contributed by atoms with E-state index in [9.17, 15) is 13.2 Å². The van der Waals surface area contributed by atoms with Crippen molar-refractivity contribution in [2.75, 3.05) is 18.9 Å². The van der Waals surface area contributed by atoms with Crippen molar-refractivity contribution in [3.05, 3.63) is 29.3 Å². The fourth-order valence-corrected chi connectivity index (χ4v) is 3.84. The lowest BCUT2D eigenvalue weighted by molar-refractivity contribution is -0.116. The summed E-state index contributed by atoms with van der Waals surface area (Å²) in [5.41, 5.74) is 0.805. The standard InChI is InChI=1S/C11H14N4O3S2/c1-8-6-9(14-13-8)12-10(16)7-15(2)20(17,18)11-4-3-5-19-11/h3-6H,7H2,1-2H3,(H2,12,13,14,16). The number of H-pyrrole nitrogens is 1. The van der Waals surface area contributed by atoms with Crippen LogP contribution >= 0.6 is 11.3 Å². The molecule has 2 aromatic heterocycles. The Hall–Kier alpha value is -1.71. The Morgan fingerprint density at radius 2 is 2.30 bits per heavy atom. The van der Waals surface area contributed by atoms with Crippen LogP contribution in [-0.2, 0) is 14.8 Å². The lowest BCUT2D eigenvalue weighted by atomic mass is 10.4. The number of carbonyl (C=O) groups excluding carboxylic acids is 1. The van der Waals surface area contributed by atoms with Crippen LogP contribution in [0, 0.1) is 6.92 Å². The number of nitrogens with one attached hydrogen (secondary N) is 2. The molecule has 0 radical (unpaired) electrons. The first-order chi connectivity index (χ1) is 9.39. The molecule has 0 saturated carbocycles. The maximum absolute atomic E-state index is 12.1. The van der Waals surface area contributed by atoms with E-state index >= 15 is 0 Å². The molecule has 2 N–H and O–H groups in total. The van der Waals surface area contributed by atoms with Crippen LogP contribution in [0.3, 0.4) is 0 Å². The van der Waals surface area contributed by atoms with Gasteiger partial charge in [0, 0.05) is 18.8 Å². The van der Waals surface area contributed by atoms with E-state index in [2.05, 4.69) is 15.5 Å².